The SMILES string of the molecule is C=CS(=O)(=O)O.C=CS(=O)(=O)O.C=Cc1ccccc1. The van der Waals surface area contributed by atoms with E-state index < -0.39 is 20.2 Å². The van der Waals surface area contributed by atoms with E-state index in [-0.39, 0.29) is 0 Å². The van der Waals surface area contributed by atoms with Gasteiger partial charge in [0.2, 0.25) is 0 Å². The third kappa shape index (κ3) is 18.6. The highest BCUT2D eigenvalue weighted by Gasteiger charge is 1.88. The average Bonchev–Trinajstić information content (AvgIpc) is 2.39. The molecule has 0 spiro atoms. The molecule has 0 bridgehead atoms. The van der Waals surface area contributed by atoms with Crippen molar-refractivity contribution in [1.82, 2.24) is 0 Å². The Bertz CT molecular complexity index is 556. The summed E-state index contributed by atoms with van der Waals surface area (Å²) in [6.45, 7) is 9.22. The van der Waals surface area contributed by atoms with E-state index in [1.165, 1.54) is 5.56 Å². The maximum absolute atomic E-state index is 9.44. The molecule has 0 amide bonds. The van der Waals surface area contributed by atoms with E-state index in [9.17, 15) is 16.8 Å². The van der Waals surface area contributed by atoms with Crippen LogP contribution in [-0.4, -0.2) is 25.9 Å². The maximum atomic E-state index is 9.44. The van der Waals surface area contributed by atoms with Gasteiger partial charge in [0.05, 0.1) is 10.8 Å². The molecule has 0 radical (unpaired) electrons. The number of benzene rings is 1. The first-order chi connectivity index (χ1) is 9.05. The second-order valence-electron chi connectivity index (χ2n) is 2.98. The van der Waals surface area contributed by atoms with Gasteiger partial charge in [-0.2, -0.15) is 16.8 Å². The Morgan fingerprint density at radius 2 is 1.10 bits per heavy atom. The lowest BCUT2D eigenvalue weighted by Crippen LogP contribution is -1.86. The Morgan fingerprint density at radius 3 is 1.25 bits per heavy atom. The lowest BCUT2D eigenvalue weighted by Gasteiger charge is -1.85. The summed E-state index contributed by atoms with van der Waals surface area (Å²) in [6, 6.07) is 10.0. The quantitative estimate of drug-likeness (QED) is 0.828. The minimum Gasteiger partial charge on any atom is -0.282 e. The van der Waals surface area contributed by atoms with Crippen molar-refractivity contribution in [2.75, 3.05) is 0 Å². The summed E-state index contributed by atoms with van der Waals surface area (Å²) in [5.74, 6) is 0. The van der Waals surface area contributed by atoms with Crippen molar-refractivity contribution in [3.05, 3.63) is 66.4 Å². The Labute approximate surface area is 119 Å². The zero-order valence-electron chi connectivity index (χ0n) is 10.6. The van der Waals surface area contributed by atoms with Crippen LogP contribution in [0, 0.1) is 0 Å². The van der Waals surface area contributed by atoms with Crippen LogP contribution in [0.3, 0.4) is 0 Å². The van der Waals surface area contributed by atoms with Crippen molar-refractivity contribution in [2.24, 2.45) is 0 Å². The van der Waals surface area contributed by atoms with Crippen molar-refractivity contribution in [3.8, 4) is 0 Å². The highest BCUT2D eigenvalue weighted by molar-refractivity contribution is 7.89. The van der Waals surface area contributed by atoms with E-state index in [2.05, 4.69) is 19.7 Å². The molecule has 0 saturated heterocycles. The zero-order valence-corrected chi connectivity index (χ0v) is 12.2. The molecule has 0 aliphatic heterocycles. The lowest BCUT2D eigenvalue weighted by molar-refractivity contribution is 0.492. The molecule has 2 N–H and O–H groups in total. The summed E-state index contributed by atoms with van der Waals surface area (Å²) in [4.78, 5) is 0. The minimum absolute atomic E-state index is 0.465. The van der Waals surface area contributed by atoms with Gasteiger partial charge in [0.1, 0.15) is 0 Å². The molecule has 8 heteroatoms. The Kier molecular flexibility index (Phi) is 10.4. The van der Waals surface area contributed by atoms with Crippen LogP contribution < -0.4 is 0 Å². The molecule has 20 heavy (non-hydrogen) atoms. The van der Waals surface area contributed by atoms with Crippen molar-refractivity contribution in [1.29, 1.82) is 0 Å². The summed E-state index contributed by atoms with van der Waals surface area (Å²) in [7, 11) is -7.80. The van der Waals surface area contributed by atoms with Gasteiger partial charge in [-0.15, -0.1) is 0 Å². The van der Waals surface area contributed by atoms with Crippen LogP contribution in [0.15, 0.2) is 60.9 Å². The van der Waals surface area contributed by atoms with E-state index in [1.807, 2.05) is 36.4 Å². The highest BCUT2D eigenvalue weighted by atomic mass is 32.2. The fourth-order valence-corrected chi connectivity index (χ4v) is 0.589. The van der Waals surface area contributed by atoms with Gasteiger partial charge in [-0.3, -0.25) is 9.11 Å². The summed E-state index contributed by atoms with van der Waals surface area (Å²) >= 11 is 0. The van der Waals surface area contributed by atoms with Gasteiger partial charge in [-0.05, 0) is 5.56 Å². The molecule has 0 unspecified atom stereocenters. The summed E-state index contributed by atoms with van der Waals surface area (Å²) in [6.07, 6.45) is 1.83. The fraction of sp³-hybridized carbons (Fsp3) is 0. The van der Waals surface area contributed by atoms with E-state index in [0.29, 0.717) is 10.8 Å². The van der Waals surface area contributed by atoms with Crippen molar-refractivity contribution in [2.45, 2.75) is 0 Å². The first-order valence-corrected chi connectivity index (χ1v) is 7.93. The van der Waals surface area contributed by atoms with Crippen LogP contribution in [0.1, 0.15) is 5.56 Å². The van der Waals surface area contributed by atoms with Crippen LogP contribution >= 0.6 is 0 Å². The van der Waals surface area contributed by atoms with Crippen LogP contribution in [0.2, 0.25) is 0 Å². The molecule has 1 aromatic carbocycles. The molecule has 112 valence electrons. The molecule has 0 fully saturated rings. The minimum atomic E-state index is -3.90. The van der Waals surface area contributed by atoms with Crippen LogP contribution in [0.25, 0.3) is 6.08 Å². The molecule has 0 saturated carbocycles. The van der Waals surface area contributed by atoms with Gasteiger partial charge in [0.25, 0.3) is 20.2 Å². The molecule has 1 rings (SSSR count). The van der Waals surface area contributed by atoms with Gasteiger partial charge in [-0.25, -0.2) is 0 Å². The highest BCUT2D eigenvalue weighted by Crippen LogP contribution is 1.97. The molecule has 0 aromatic heterocycles. The molecular formula is C12H16O6S2. The fourth-order valence-electron chi connectivity index (χ4n) is 0.589. The normalized spacial score (nSPS) is 9.90. The number of hydrogen-bond acceptors (Lipinski definition) is 4. The molecule has 0 atom stereocenters. The summed E-state index contributed by atoms with van der Waals surface area (Å²) in [5, 5.41) is 0.931. The maximum Gasteiger partial charge on any atom is 0.287 e. The van der Waals surface area contributed by atoms with Crippen LogP contribution in [0.5, 0.6) is 0 Å². The Morgan fingerprint density at radius 1 is 0.800 bits per heavy atom. The van der Waals surface area contributed by atoms with E-state index in [0.717, 1.165) is 0 Å². The predicted octanol–water partition coefficient (Wildman–Crippen LogP) is 2.37. The average molecular weight is 320 g/mol. The van der Waals surface area contributed by atoms with Gasteiger partial charge in [0.15, 0.2) is 0 Å². The van der Waals surface area contributed by atoms with E-state index >= 15 is 0 Å². The van der Waals surface area contributed by atoms with Crippen molar-refractivity contribution in [3.63, 3.8) is 0 Å². The monoisotopic (exact) mass is 320 g/mol. The molecular weight excluding hydrogens is 304 g/mol. The molecule has 0 aliphatic rings. The van der Waals surface area contributed by atoms with Gasteiger partial charge in [-0.1, -0.05) is 56.1 Å². The Hall–Kier alpha value is -1.74. The van der Waals surface area contributed by atoms with Gasteiger partial charge >= 0.3 is 0 Å². The van der Waals surface area contributed by atoms with Crippen molar-refractivity contribution >= 4 is 26.3 Å². The molecule has 0 heterocycles. The largest absolute Gasteiger partial charge is 0.287 e. The second kappa shape index (κ2) is 10.1. The van der Waals surface area contributed by atoms with Gasteiger partial charge in [0, 0.05) is 0 Å². The number of hydrogen-bond donors (Lipinski definition) is 2. The summed E-state index contributed by atoms with van der Waals surface area (Å²) in [5.41, 5.74) is 1.17. The second-order valence-corrected chi connectivity index (χ2v) is 5.70. The third-order valence-electron chi connectivity index (χ3n) is 1.46. The first kappa shape index (κ1) is 20.6. The molecule has 0 aliphatic carbocycles. The third-order valence-corrected chi connectivity index (χ3v) is 2.30. The van der Waals surface area contributed by atoms with E-state index in [1.54, 1.807) is 0 Å². The predicted molar refractivity (Wildman–Crippen MR) is 80.0 cm³/mol. The van der Waals surface area contributed by atoms with Crippen molar-refractivity contribution < 1.29 is 25.9 Å². The molecule has 1 aromatic rings. The lowest BCUT2D eigenvalue weighted by atomic mass is 10.2. The van der Waals surface area contributed by atoms with Crippen LogP contribution in [0.4, 0.5) is 0 Å². The van der Waals surface area contributed by atoms with Gasteiger partial charge < -0.3 is 0 Å². The first-order valence-electron chi connectivity index (χ1n) is 4.93. The van der Waals surface area contributed by atoms with E-state index in [4.69, 9.17) is 9.11 Å². The number of rotatable bonds is 3. The molecule has 6 nitrogen and oxygen atoms in total. The standard InChI is InChI=1S/C8H8.2C2H4O3S/c1-2-8-6-4-3-5-7-8;2*1-2-6(3,4)5/h2-7H,1H2;2*2H,1H2,(H,3,4,5). The smallest absolute Gasteiger partial charge is 0.282 e. The Balaban J connectivity index is 0. The summed E-state index contributed by atoms with van der Waals surface area (Å²) < 4.78 is 53.1. The zero-order chi connectivity index (χ0) is 16.2. The topological polar surface area (TPSA) is 109 Å². The van der Waals surface area contributed by atoms with Crippen LogP contribution in [-0.2, 0) is 20.2 Å².